The molecule has 0 aromatic heterocycles. The Morgan fingerprint density at radius 2 is 1.91 bits per heavy atom. The van der Waals surface area contributed by atoms with E-state index in [2.05, 4.69) is 37.8 Å². The topological polar surface area (TPSA) is 137 Å². The molecule has 3 aliphatic carbocycles. The lowest BCUT2D eigenvalue weighted by Crippen LogP contribution is -2.63. The van der Waals surface area contributed by atoms with Crippen molar-refractivity contribution in [2.75, 3.05) is 20.6 Å². The zero-order valence-corrected chi connectivity index (χ0v) is 25.2. The van der Waals surface area contributed by atoms with E-state index in [1.807, 2.05) is 18.2 Å². The summed E-state index contributed by atoms with van der Waals surface area (Å²) in [4.78, 5) is 30.8. The number of phenols is 1. The van der Waals surface area contributed by atoms with Gasteiger partial charge in [-0.15, -0.1) is 0 Å². The predicted octanol–water partition coefficient (Wildman–Crippen LogP) is 4.37. The van der Waals surface area contributed by atoms with Crippen molar-refractivity contribution in [1.29, 1.82) is 0 Å². The van der Waals surface area contributed by atoms with E-state index < -0.39 is 35.2 Å². The van der Waals surface area contributed by atoms with Crippen LogP contribution in [0.4, 0.5) is 0 Å². The summed E-state index contributed by atoms with van der Waals surface area (Å²) in [6.45, 7) is 8.21. The molecule has 1 heterocycles. The van der Waals surface area contributed by atoms with Gasteiger partial charge < -0.3 is 25.8 Å². The van der Waals surface area contributed by atoms with Crippen LogP contribution in [0.15, 0.2) is 70.9 Å². The van der Waals surface area contributed by atoms with Crippen LogP contribution in [0.3, 0.4) is 0 Å². The van der Waals surface area contributed by atoms with Crippen molar-refractivity contribution in [3.63, 3.8) is 0 Å². The molecule has 1 amide bonds. The molecular weight excluding hydrogens is 546 g/mol. The highest BCUT2D eigenvalue weighted by Gasteiger charge is 2.66. The number of phenolic OH excluding ortho intramolecular Hbond substituents is 1. The number of carbonyl (C=O) groups excluding carboxylic acids is 2. The van der Waals surface area contributed by atoms with E-state index in [1.165, 1.54) is 12.3 Å². The van der Waals surface area contributed by atoms with Gasteiger partial charge >= 0.3 is 0 Å². The average Bonchev–Trinajstić information content (AvgIpc) is 2.93. The van der Waals surface area contributed by atoms with Crippen molar-refractivity contribution in [1.82, 2.24) is 9.80 Å². The van der Waals surface area contributed by atoms with Crippen LogP contribution >= 0.6 is 0 Å². The minimum Gasteiger partial charge on any atom is -0.510 e. The summed E-state index contributed by atoms with van der Waals surface area (Å²) in [7, 11) is 3.56. The number of ketones is 1. The lowest BCUT2D eigenvalue weighted by Gasteiger charge is -2.57. The second-order valence-electron chi connectivity index (χ2n) is 12.6. The summed E-state index contributed by atoms with van der Waals surface area (Å²) in [6, 6.07) is 11.4. The van der Waals surface area contributed by atoms with Crippen LogP contribution in [-0.2, 0) is 22.5 Å². The van der Waals surface area contributed by atoms with Crippen LogP contribution in [0.1, 0.15) is 48.7 Å². The Kier molecular flexibility index (Phi) is 6.93. The molecule has 5 N–H and O–H groups in total. The lowest BCUT2D eigenvalue weighted by atomic mass is 9.56. The number of primary amides is 1. The van der Waals surface area contributed by atoms with Crippen molar-refractivity contribution in [2.24, 2.45) is 17.6 Å². The molecule has 2 aromatic rings. The highest BCUT2D eigenvalue weighted by Crippen LogP contribution is 2.60. The number of fused-ring (bicyclic) bond motifs is 2. The molecule has 6 rings (SSSR count). The fourth-order valence-corrected chi connectivity index (χ4v) is 7.77. The molecule has 0 bridgehead atoms. The van der Waals surface area contributed by atoms with Gasteiger partial charge in [0.2, 0.25) is 0 Å². The van der Waals surface area contributed by atoms with Crippen LogP contribution in [0.25, 0.3) is 11.1 Å². The van der Waals surface area contributed by atoms with Gasteiger partial charge in [0.1, 0.15) is 17.3 Å². The number of hydrogen-bond donors (Lipinski definition) is 4. The summed E-state index contributed by atoms with van der Waals surface area (Å²) in [5.74, 6) is -2.77. The maximum Gasteiger partial charge on any atom is 0.252 e. The summed E-state index contributed by atoms with van der Waals surface area (Å²) in [6.07, 6.45) is 2.12. The molecule has 4 aliphatic rings. The van der Waals surface area contributed by atoms with Crippen molar-refractivity contribution in [3.8, 4) is 16.9 Å². The average molecular weight is 586 g/mol. The number of aromatic hydroxyl groups is 1. The minimum absolute atomic E-state index is 0.0976. The molecule has 0 saturated carbocycles. The van der Waals surface area contributed by atoms with E-state index >= 15 is 0 Å². The molecule has 1 spiro atoms. The van der Waals surface area contributed by atoms with Gasteiger partial charge in [-0.25, -0.2) is 0 Å². The third-order valence-electron chi connectivity index (χ3n) is 9.80. The van der Waals surface area contributed by atoms with Gasteiger partial charge in [-0.3, -0.25) is 19.4 Å². The molecule has 0 unspecified atom stereocenters. The van der Waals surface area contributed by atoms with Crippen molar-refractivity contribution >= 4 is 11.7 Å². The summed E-state index contributed by atoms with van der Waals surface area (Å²) >= 11 is 0. The van der Waals surface area contributed by atoms with Crippen molar-refractivity contribution < 1.29 is 29.6 Å². The molecule has 0 radical (unpaired) electrons. The Morgan fingerprint density at radius 3 is 2.51 bits per heavy atom. The molecule has 226 valence electrons. The first kappa shape index (κ1) is 29.0. The normalized spacial score (nSPS) is 26.0. The first-order chi connectivity index (χ1) is 20.4. The highest BCUT2D eigenvalue weighted by atomic mass is 16.5. The van der Waals surface area contributed by atoms with Gasteiger partial charge in [0.15, 0.2) is 11.4 Å². The van der Waals surface area contributed by atoms with Crippen LogP contribution < -0.4 is 5.73 Å². The monoisotopic (exact) mass is 585 g/mol. The maximum absolute atomic E-state index is 14.2. The number of hydrogen-bond acceptors (Lipinski definition) is 8. The fraction of sp³-hybridized carbons (Fsp3) is 0.412. The van der Waals surface area contributed by atoms with Gasteiger partial charge in [0.25, 0.3) is 5.91 Å². The predicted molar refractivity (Wildman–Crippen MR) is 162 cm³/mol. The van der Waals surface area contributed by atoms with Gasteiger partial charge in [0, 0.05) is 24.1 Å². The molecule has 4 atom stereocenters. The number of benzene rings is 2. The Balaban J connectivity index is 1.47. The number of nitrogens with zero attached hydrogens (tertiary/aromatic N) is 2. The van der Waals surface area contributed by atoms with Crippen molar-refractivity contribution in [2.45, 2.75) is 57.8 Å². The molecule has 9 heteroatoms. The molecule has 9 nitrogen and oxygen atoms in total. The van der Waals surface area contributed by atoms with Crippen LogP contribution in [0.5, 0.6) is 5.75 Å². The maximum atomic E-state index is 14.2. The van der Waals surface area contributed by atoms with Crippen LogP contribution in [-0.4, -0.2) is 75.1 Å². The van der Waals surface area contributed by atoms with E-state index in [-0.39, 0.29) is 39.6 Å². The zero-order chi connectivity index (χ0) is 31.0. The van der Waals surface area contributed by atoms with E-state index in [0.717, 1.165) is 35.3 Å². The van der Waals surface area contributed by atoms with E-state index in [9.17, 15) is 24.9 Å². The molecule has 43 heavy (non-hydrogen) atoms. The minimum atomic E-state index is -1.48. The Bertz CT molecular complexity index is 1640. The SMILES string of the molecule is CCN(Cc1cccc(-c2ccc(O)c3c2C[C@H]2C[C@H]4[C@H](N(C)C)C(O)=C(C(N)=O)C5=CO[C@@]54C(O)=C2C3=O)c1)C(C)C. The van der Waals surface area contributed by atoms with E-state index in [0.29, 0.717) is 18.9 Å². The third kappa shape index (κ3) is 4.12. The van der Waals surface area contributed by atoms with Gasteiger partial charge in [-0.1, -0.05) is 31.2 Å². The Hall–Kier alpha value is -4.08. The number of ether oxygens (including phenoxy) is 1. The molecule has 2 aromatic carbocycles. The van der Waals surface area contributed by atoms with E-state index in [1.54, 1.807) is 19.0 Å². The quantitative estimate of drug-likeness (QED) is 0.376. The van der Waals surface area contributed by atoms with Gasteiger partial charge in [0.05, 0.1) is 29.0 Å². The molecule has 0 saturated heterocycles. The number of amides is 1. The number of aliphatic hydroxyl groups is 2. The second-order valence-corrected chi connectivity index (χ2v) is 12.6. The second kappa shape index (κ2) is 10.3. The molecule has 0 fully saturated rings. The Morgan fingerprint density at radius 1 is 1.16 bits per heavy atom. The highest BCUT2D eigenvalue weighted by molar-refractivity contribution is 6.14. The number of rotatable bonds is 7. The molecular formula is C34H39N3O6. The van der Waals surface area contributed by atoms with E-state index in [4.69, 9.17) is 10.5 Å². The number of likely N-dealkylation sites (N-methyl/N-ethyl adjacent to an activating group) is 1. The van der Waals surface area contributed by atoms with Gasteiger partial charge in [-0.2, -0.15) is 0 Å². The summed E-state index contributed by atoms with van der Waals surface area (Å²) in [5, 5.41) is 34.1. The largest absolute Gasteiger partial charge is 0.510 e. The molecule has 1 aliphatic heterocycles. The Labute approximate surface area is 251 Å². The van der Waals surface area contributed by atoms with Gasteiger partial charge in [-0.05, 0) is 87.6 Å². The van der Waals surface area contributed by atoms with Crippen LogP contribution in [0.2, 0.25) is 0 Å². The number of Topliss-reactive ketones (excluding diaryl/α,β-unsaturated/α-hetero) is 1. The lowest BCUT2D eigenvalue weighted by molar-refractivity contribution is -0.118. The number of aliphatic hydroxyl groups excluding tert-OH is 2. The summed E-state index contributed by atoms with van der Waals surface area (Å²) in [5.41, 5.74) is 8.42. The fourth-order valence-electron chi connectivity index (χ4n) is 7.77. The number of allylic oxidation sites excluding steroid dienone is 1. The number of carbonyl (C=O) groups is 2. The van der Waals surface area contributed by atoms with Crippen LogP contribution in [0, 0.1) is 11.8 Å². The first-order valence-electron chi connectivity index (χ1n) is 14.9. The summed E-state index contributed by atoms with van der Waals surface area (Å²) < 4.78 is 5.96. The van der Waals surface area contributed by atoms with Crippen molar-refractivity contribution in [3.05, 3.63) is 87.6 Å². The smallest absolute Gasteiger partial charge is 0.252 e. The standard InChI is InChI=1S/C34H39N3O6/c1-6-37(17(2)3)15-18-8-7-9-19(12-18)21-10-11-25(38)27-22(21)13-20-14-23-29(36(4)5)31(40)28(33(35)42)24-16-43-34(23,24)32(41)26(20)30(27)39/h7-12,16-17,20,23,29,38,40-41H,6,13-15H2,1-5H3,(H2,35,42)/t20-,23-,29-,34+/m0/s1. The first-order valence-corrected chi connectivity index (χ1v) is 14.9. The third-order valence-corrected chi connectivity index (χ3v) is 9.80. The zero-order valence-electron chi connectivity index (χ0n) is 25.2. The number of nitrogens with two attached hydrogens (primary N) is 1.